The van der Waals surface area contributed by atoms with Gasteiger partial charge < -0.3 is 5.32 Å². The second-order valence-electron chi connectivity index (χ2n) is 4.91. The summed E-state index contributed by atoms with van der Waals surface area (Å²) in [5.74, 6) is -0.682. The number of benzene rings is 1. The Bertz CT molecular complexity index is 557. The number of urea groups is 1. The number of anilines is 1. The molecule has 21 heavy (non-hydrogen) atoms. The molecule has 0 spiro atoms. The summed E-state index contributed by atoms with van der Waals surface area (Å²) in [5.41, 5.74) is -1.42. The number of hydrogen-bond donors (Lipinski definition) is 1. The van der Waals surface area contributed by atoms with Crippen molar-refractivity contribution in [3.63, 3.8) is 0 Å². The maximum absolute atomic E-state index is 13.0. The Morgan fingerprint density at radius 2 is 1.95 bits per heavy atom. The smallest absolute Gasteiger partial charge is 0.337 e. The van der Waals surface area contributed by atoms with E-state index in [9.17, 15) is 22.8 Å². The number of para-hydroxylation sites is 1. The molecule has 0 bridgehead atoms. The highest BCUT2D eigenvalue weighted by Gasteiger charge is 2.38. The molecule has 0 aliphatic carbocycles. The number of halogens is 3. The highest BCUT2D eigenvalue weighted by molar-refractivity contribution is 6.15. The zero-order valence-electron chi connectivity index (χ0n) is 11.4. The molecule has 1 unspecified atom stereocenters. The minimum atomic E-state index is -4.63. The summed E-state index contributed by atoms with van der Waals surface area (Å²) < 4.78 is 39.1. The normalized spacial score (nSPS) is 20.2. The summed E-state index contributed by atoms with van der Waals surface area (Å²) in [6, 6.07) is 3.77. The van der Waals surface area contributed by atoms with E-state index >= 15 is 0 Å². The molecule has 0 saturated carbocycles. The van der Waals surface area contributed by atoms with E-state index in [4.69, 9.17) is 0 Å². The fraction of sp³-hybridized carbons (Fsp3) is 0.429. The molecule has 114 valence electrons. The summed E-state index contributed by atoms with van der Waals surface area (Å²) in [6.45, 7) is 2.15. The lowest BCUT2D eigenvalue weighted by molar-refractivity contribution is -0.137. The number of nitrogens with zero attached hydrogens (tertiary/aromatic N) is 1. The Kier molecular flexibility index (Phi) is 4.20. The van der Waals surface area contributed by atoms with Crippen LogP contribution in [-0.2, 0) is 11.0 Å². The average molecular weight is 300 g/mol. The summed E-state index contributed by atoms with van der Waals surface area (Å²) in [4.78, 5) is 24.8. The van der Waals surface area contributed by atoms with Gasteiger partial charge >= 0.3 is 12.2 Å². The number of carbonyl (C=O) groups is 2. The molecule has 1 aromatic rings. The molecule has 1 fully saturated rings. The van der Waals surface area contributed by atoms with Gasteiger partial charge in [-0.3, -0.25) is 4.79 Å². The molecule has 1 atom stereocenters. The van der Waals surface area contributed by atoms with E-state index in [1.165, 1.54) is 12.1 Å². The van der Waals surface area contributed by atoms with E-state index in [2.05, 4.69) is 5.32 Å². The predicted octanol–water partition coefficient (Wildman–Crippen LogP) is 3.18. The Labute approximate surface area is 119 Å². The van der Waals surface area contributed by atoms with Crippen LogP contribution in [-0.4, -0.2) is 18.5 Å². The van der Waals surface area contributed by atoms with Gasteiger partial charge in [0, 0.05) is 13.0 Å². The first-order valence-corrected chi connectivity index (χ1v) is 6.61. The third kappa shape index (κ3) is 3.17. The Morgan fingerprint density at radius 3 is 2.57 bits per heavy atom. The lowest BCUT2D eigenvalue weighted by atomic mass is 10.0. The average Bonchev–Trinajstić information content (AvgIpc) is 2.56. The van der Waals surface area contributed by atoms with Crippen LogP contribution in [0.15, 0.2) is 24.3 Å². The largest absolute Gasteiger partial charge is 0.418 e. The Morgan fingerprint density at radius 1 is 1.29 bits per heavy atom. The topological polar surface area (TPSA) is 49.4 Å². The van der Waals surface area contributed by atoms with Crippen LogP contribution in [0.4, 0.5) is 23.7 Å². The summed E-state index contributed by atoms with van der Waals surface area (Å²) in [6.07, 6.45) is -3.92. The van der Waals surface area contributed by atoms with E-state index < -0.39 is 29.4 Å². The fourth-order valence-electron chi connectivity index (χ4n) is 2.28. The molecular weight excluding hydrogens is 285 g/mol. The maximum atomic E-state index is 13.0. The van der Waals surface area contributed by atoms with Crippen LogP contribution in [0.2, 0.25) is 0 Å². The van der Waals surface area contributed by atoms with Crippen molar-refractivity contribution in [1.82, 2.24) is 5.32 Å². The van der Waals surface area contributed by atoms with E-state index in [0.717, 1.165) is 12.1 Å². The highest BCUT2D eigenvalue weighted by Crippen LogP contribution is 2.37. The first kappa shape index (κ1) is 15.3. The lowest BCUT2D eigenvalue weighted by Gasteiger charge is -2.22. The molecule has 4 nitrogen and oxygen atoms in total. The van der Waals surface area contributed by atoms with Gasteiger partial charge in [0.1, 0.15) is 0 Å². The van der Waals surface area contributed by atoms with Gasteiger partial charge in [-0.05, 0) is 18.1 Å². The molecule has 1 aliphatic heterocycles. The van der Waals surface area contributed by atoms with E-state index in [1.807, 2.05) is 6.92 Å². The standard InChI is InChI=1S/C14H15F3N2O2/c1-2-9-7-12(20)19(13(21)18-8-9)11-6-4-3-5-10(11)14(15,16)17/h3-6,9H,2,7-8H2,1H3,(H,18,21). The third-order valence-corrected chi connectivity index (χ3v) is 3.49. The molecular formula is C14H15F3N2O2. The van der Waals surface area contributed by atoms with Crippen LogP contribution in [0, 0.1) is 5.92 Å². The summed E-state index contributed by atoms with van der Waals surface area (Å²) in [5, 5.41) is 2.50. The van der Waals surface area contributed by atoms with Crippen molar-refractivity contribution in [2.45, 2.75) is 25.9 Å². The van der Waals surface area contributed by atoms with Crippen LogP contribution in [0.25, 0.3) is 0 Å². The zero-order valence-corrected chi connectivity index (χ0v) is 11.4. The summed E-state index contributed by atoms with van der Waals surface area (Å²) >= 11 is 0. The molecule has 7 heteroatoms. The second kappa shape index (κ2) is 5.75. The predicted molar refractivity (Wildman–Crippen MR) is 70.7 cm³/mol. The van der Waals surface area contributed by atoms with Gasteiger partial charge in [0.25, 0.3) is 0 Å². The Balaban J connectivity index is 2.45. The minimum absolute atomic E-state index is 0.0431. The van der Waals surface area contributed by atoms with Crippen molar-refractivity contribution < 1.29 is 22.8 Å². The van der Waals surface area contributed by atoms with Crippen LogP contribution >= 0.6 is 0 Å². The van der Waals surface area contributed by atoms with Crippen molar-refractivity contribution in [2.24, 2.45) is 5.92 Å². The fourth-order valence-corrected chi connectivity index (χ4v) is 2.28. The number of carbonyl (C=O) groups excluding carboxylic acids is 2. The highest BCUT2D eigenvalue weighted by atomic mass is 19.4. The quantitative estimate of drug-likeness (QED) is 0.912. The first-order valence-electron chi connectivity index (χ1n) is 6.61. The van der Waals surface area contributed by atoms with Gasteiger partial charge in [0.2, 0.25) is 5.91 Å². The van der Waals surface area contributed by atoms with Crippen LogP contribution < -0.4 is 10.2 Å². The molecule has 1 aromatic carbocycles. The molecule has 1 heterocycles. The number of rotatable bonds is 2. The van der Waals surface area contributed by atoms with Gasteiger partial charge in [-0.2, -0.15) is 13.2 Å². The van der Waals surface area contributed by atoms with E-state index in [-0.39, 0.29) is 18.9 Å². The van der Waals surface area contributed by atoms with Crippen molar-refractivity contribution in [2.75, 3.05) is 11.4 Å². The first-order chi connectivity index (χ1) is 9.84. The minimum Gasteiger partial charge on any atom is -0.337 e. The second-order valence-corrected chi connectivity index (χ2v) is 4.91. The maximum Gasteiger partial charge on any atom is 0.418 e. The lowest BCUT2D eigenvalue weighted by Crippen LogP contribution is -2.42. The molecule has 0 radical (unpaired) electrons. The molecule has 1 aliphatic rings. The number of hydrogen-bond acceptors (Lipinski definition) is 2. The van der Waals surface area contributed by atoms with Crippen molar-refractivity contribution >= 4 is 17.6 Å². The van der Waals surface area contributed by atoms with Gasteiger partial charge in [0.15, 0.2) is 0 Å². The van der Waals surface area contributed by atoms with Crippen LogP contribution in [0.1, 0.15) is 25.3 Å². The van der Waals surface area contributed by atoms with E-state index in [1.54, 1.807) is 0 Å². The zero-order chi connectivity index (χ0) is 15.6. The third-order valence-electron chi connectivity index (χ3n) is 3.49. The molecule has 0 aromatic heterocycles. The van der Waals surface area contributed by atoms with Crippen LogP contribution in [0.3, 0.4) is 0 Å². The van der Waals surface area contributed by atoms with E-state index in [0.29, 0.717) is 11.3 Å². The van der Waals surface area contributed by atoms with Crippen molar-refractivity contribution in [1.29, 1.82) is 0 Å². The van der Waals surface area contributed by atoms with Crippen LogP contribution in [0.5, 0.6) is 0 Å². The Hall–Kier alpha value is -2.05. The molecule has 1 N–H and O–H groups in total. The van der Waals surface area contributed by atoms with Gasteiger partial charge in [-0.25, -0.2) is 9.69 Å². The van der Waals surface area contributed by atoms with Crippen molar-refractivity contribution in [3.8, 4) is 0 Å². The number of nitrogens with one attached hydrogen (secondary N) is 1. The molecule has 3 amide bonds. The molecule has 2 rings (SSSR count). The van der Waals surface area contributed by atoms with Crippen molar-refractivity contribution in [3.05, 3.63) is 29.8 Å². The molecule has 1 saturated heterocycles. The number of amides is 3. The number of imide groups is 1. The number of alkyl halides is 3. The van der Waals surface area contributed by atoms with Gasteiger partial charge in [0.05, 0.1) is 11.3 Å². The SMILES string of the molecule is CCC1CNC(=O)N(c2ccccc2C(F)(F)F)C(=O)C1. The van der Waals surface area contributed by atoms with Gasteiger partial charge in [-0.1, -0.05) is 25.5 Å². The van der Waals surface area contributed by atoms with Gasteiger partial charge in [-0.15, -0.1) is 0 Å². The monoisotopic (exact) mass is 300 g/mol. The summed E-state index contributed by atoms with van der Waals surface area (Å²) in [7, 11) is 0.